The first-order valence-corrected chi connectivity index (χ1v) is 6.98. The molecule has 3 rings (SSSR count). The number of fused-ring (bicyclic) bond motifs is 1. The maximum atomic E-state index is 10.3. The lowest BCUT2D eigenvalue weighted by molar-refractivity contribution is 0.00160. The molecule has 1 aliphatic heterocycles. The maximum absolute atomic E-state index is 10.3. The number of rotatable bonds is 3. The Labute approximate surface area is 108 Å². The number of nitrogens with one attached hydrogen (secondary N) is 1. The molecule has 0 unspecified atom stereocenters. The van der Waals surface area contributed by atoms with E-state index in [1.807, 2.05) is 12.1 Å². The largest absolute Gasteiger partial charge is 0.488 e. The standard InChI is InChI=1S/C15H21NO2/c17-15(8-1-2-9-15)11-18-13-7-3-5-12-6-4-10-16-14(12)13/h3,5,7,16-17H,1-2,4,6,8-11H2. The highest BCUT2D eigenvalue weighted by Gasteiger charge is 2.32. The van der Waals surface area contributed by atoms with E-state index in [0.29, 0.717) is 6.61 Å². The minimum Gasteiger partial charge on any atom is -0.488 e. The smallest absolute Gasteiger partial charge is 0.142 e. The first-order chi connectivity index (χ1) is 8.77. The first-order valence-electron chi connectivity index (χ1n) is 6.98. The Bertz CT molecular complexity index is 425. The zero-order valence-corrected chi connectivity index (χ0v) is 10.7. The van der Waals surface area contributed by atoms with E-state index in [4.69, 9.17) is 4.74 Å². The van der Waals surface area contributed by atoms with Crippen LogP contribution < -0.4 is 10.1 Å². The second-order valence-corrected chi connectivity index (χ2v) is 5.54. The topological polar surface area (TPSA) is 41.5 Å². The van der Waals surface area contributed by atoms with Crippen LogP contribution in [0.3, 0.4) is 0 Å². The number of benzene rings is 1. The molecule has 0 aromatic heterocycles. The molecule has 1 saturated carbocycles. The van der Waals surface area contributed by atoms with Crippen LogP contribution in [-0.4, -0.2) is 23.9 Å². The Hall–Kier alpha value is -1.22. The second-order valence-electron chi connectivity index (χ2n) is 5.54. The van der Waals surface area contributed by atoms with Gasteiger partial charge in [-0.05, 0) is 37.3 Å². The highest BCUT2D eigenvalue weighted by molar-refractivity contribution is 5.63. The van der Waals surface area contributed by atoms with E-state index in [1.165, 1.54) is 12.0 Å². The van der Waals surface area contributed by atoms with Crippen molar-refractivity contribution in [1.29, 1.82) is 0 Å². The van der Waals surface area contributed by atoms with Gasteiger partial charge >= 0.3 is 0 Å². The zero-order valence-electron chi connectivity index (χ0n) is 10.7. The lowest BCUT2D eigenvalue weighted by atomic mass is 10.0. The molecule has 1 heterocycles. The first kappa shape index (κ1) is 11.8. The quantitative estimate of drug-likeness (QED) is 0.863. The fourth-order valence-electron chi connectivity index (χ4n) is 2.99. The van der Waals surface area contributed by atoms with Gasteiger partial charge in [0.2, 0.25) is 0 Å². The molecule has 0 saturated heterocycles. The van der Waals surface area contributed by atoms with Crippen molar-refractivity contribution in [2.75, 3.05) is 18.5 Å². The van der Waals surface area contributed by atoms with Gasteiger partial charge in [0, 0.05) is 6.54 Å². The van der Waals surface area contributed by atoms with Gasteiger partial charge in [-0.2, -0.15) is 0 Å². The average Bonchev–Trinajstić information content (AvgIpc) is 2.84. The van der Waals surface area contributed by atoms with Crippen molar-refractivity contribution < 1.29 is 9.84 Å². The molecular weight excluding hydrogens is 226 g/mol. The third-order valence-corrected chi connectivity index (χ3v) is 4.07. The molecule has 1 aromatic rings. The number of aryl methyl sites for hydroxylation is 1. The normalized spacial score (nSPS) is 21.2. The van der Waals surface area contributed by atoms with Crippen molar-refractivity contribution in [2.24, 2.45) is 0 Å². The molecule has 0 spiro atoms. The summed E-state index contributed by atoms with van der Waals surface area (Å²) in [6.07, 6.45) is 6.27. The monoisotopic (exact) mass is 247 g/mol. The number of hydrogen-bond acceptors (Lipinski definition) is 3. The lowest BCUT2D eigenvalue weighted by Crippen LogP contribution is -2.32. The van der Waals surface area contributed by atoms with Crippen LogP contribution >= 0.6 is 0 Å². The molecule has 0 amide bonds. The summed E-state index contributed by atoms with van der Waals surface area (Å²) in [5.74, 6) is 0.896. The highest BCUT2D eigenvalue weighted by Crippen LogP contribution is 2.34. The predicted molar refractivity (Wildman–Crippen MR) is 72.2 cm³/mol. The predicted octanol–water partition coefficient (Wildman–Crippen LogP) is 2.73. The fraction of sp³-hybridized carbons (Fsp3) is 0.600. The molecule has 2 aliphatic rings. The van der Waals surface area contributed by atoms with Crippen molar-refractivity contribution in [1.82, 2.24) is 0 Å². The van der Waals surface area contributed by atoms with Gasteiger partial charge in [0.1, 0.15) is 12.4 Å². The Morgan fingerprint density at radius 3 is 2.89 bits per heavy atom. The van der Waals surface area contributed by atoms with Gasteiger partial charge in [-0.25, -0.2) is 0 Å². The number of para-hydroxylation sites is 1. The number of aliphatic hydroxyl groups is 1. The van der Waals surface area contributed by atoms with Gasteiger partial charge in [-0.15, -0.1) is 0 Å². The summed E-state index contributed by atoms with van der Waals surface area (Å²) in [5, 5.41) is 13.7. The van der Waals surface area contributed by atoms with Crippen LogP contribution in [0.25, 0.3) is 0 Å². The van der Waals surface area contributed by atoms with Gasteiger partial charge in [0.25, 0.3) is 0 Å². The number of hydrogen-bond donors (Lipinski definition) is 2. The number of anilines is 1. The van der Waals surface area contributed by atoms with Gasteiger partial charge in [0.15, 0.2) is 0 Å². The Morgan fingerprint density at radius 2 is 2.06 bits per heavy atom. The third-order valence-electron chi connectivity index (χ3n) is 4.07. The van der Waals surface area contributed by atoms with Gasteiger partial charge < -0.3 is 15.2 Å². The molecule has 18 heavy (non-hydrogen) atoms. The van der Waals surface area contributed by atoms with Crippen LogP contribution in [0, 0.1) is 0 Å². The summed E-state index contributed by atoms with van der Waals surface area (Å²) in [7, 11) is 0. The van der Waals surface area contributed by atoms with E-state index < -0.39 is 5.60 Å². The Morgan fingerprint density at radius 1 is 1.22 bits per heavy atom. The fourth-order valence-corrected chi connectivity index (χ4v) is 2.99. The van der Waals surface area contributed by atoms with Crippen molar-refractivity contribution in [2.45, 2.75) is 44.1 Å². The summed E-state index contributed by atoms with van der Waals surface area (Å²) in [4.78, 5) is 0. The molecule has 3 nitrogen and oxygen atoms in total. The van der Waals surface area contributed by atoms with Gasteiger partial charge in [-0.3, -0.25) is 0 Å². The van der Waals surface area contributed by atoms with Gasteiger partial charge in [-0.1, -0.05) is 25.0 Å². The van der Waals surface area contributed by atoms with Crippen molar-refractivity contribution in [3.8, 4) is 5.75 Å². The average molecular weight is 247 g/mol. The molecule has 0 bridgehead atoms. The molecule has 98 valence electrons. The summed E-state index contributed by atoms with van der Waals surface area (Å²) < 4.78 is 5.88. The lowest BCUT2D eigenvalue weighted by Gasteiger charge is -2.25. The molecule has 1 aliphatic carbocycles. The van der Waals surface area contributed by atoms with E-state index in [9.17, 15) is 5.11 Å². The van der Waals surface area contributed by atoms with E-state index in [1.54, 1.807) is 0 Å². The van der Waals surface area contributed by atoms with E-state index >= 15 is 0 Å². The SMILES string of the molecule is OC1(COc2cccc3c2NCCC3)CCCC1. The van der Waals surface area contributed by atoms with Crippen LogP contribution in [0.15, 0.2) is 18.2 Å². The van der Waals surface area contributed by atoms with Crippen LogP contribution in [0.4, 0.5) is 5.69 Å². The van der Waals surface area contributed by atoms with E-state index in [2.05, 4.69) is 11.4 Å². The summed E-state index contributed by atoms with van der Waals surface area (Å²) in [5.41, 5.74) is 1.86. The van der Waals surface area contributed by atoms with E-state index in [-0.39, 0.29) is 0 Å². The molecule has 1 aromatic carbocycles. The van der Waals surface area contributed by atoms with Crippen molar-refractivity contribution in [3.05, 3.63) is 23.8 Å². The molecule has 2 N–H and O–H groups in total. The van der Waals surface area contributed by atoms with Gasteiger partial charge in [0.05, 0.1) is 11.3 Å². The minimum atomic E-state index is -0.600. The third kappa shape index (κ3) is 2.32. The van der Waals surface area contributed by atoms with Crippen LogP contribution in [0.1, 0.15) is 37.7 Å². The second kappa shape index (κ2) is 4.81. The molecule has 1 fully saturated rings. The van der Waals surface area contributed by atoms with Crippen molar-refractivity contribution >= 4 is 5.69 Å². The Kier molecular flexibility index (Phi) is 3.16. The maximum Gasteiger partial charge on any atom is 0.142 e. The van der Waals surface area contributed by atoms with Crippen LogP contribution in [-0.2, 0) is 6.42 Å². The number of ether oxygens (including phenoxy) is 1. The summed E-state index contributed by atoms with van der Waals surface area (Å²) in [6.45, 7) is 1.43. The molecule has 0 atom stereocenters. The molecule has 3 heteroatoms. The highest BCUT2D eigenvalue weighted by atomic mass is 16.5. The molecular formula is C15H21NO2. The summed E-state index contributed by atoms with van der Waals surface area (Å²) in [6, 6.07) is 6.19. The minimum absolute atomic E-state index is 0.422. The Balaban J connectivity index is 1.72. The van der Waals surface area contributed by atoms with Crippen LogP contribution in [0.5, 0.6) is 5.75 Å². The summed E-state index contributed by atoms with van der Waals surface area (Å²) >= 11 is 0. The van der Waals surface area contributed by atoms with Crippen molar-refractivity contribution in [3.63, 3.8) is 0 Å². The zero-order chi connectivity index (χ0) is 12.4. The molecule has 0 radical (unpaired) electrons. The van der Waals surface area contributed by atoms with E-state index in [0.717, 1.165) is 50.1 Å². The van der Waals surface area contributed by atoms with Crippen LogP contribution in [0.2, 0.25) is 0 Å².